The Morgan fingerprint density at radius 3 is 2.40 bits per heavy atom. The molecule has 1 atom stereocenters. The van der Waals surface area contributed by atoms with Crippen LogP contribution < -0.4 is 0 Å². The maximum absolute atomic E-state index is 12.2. The predicted octanol–water partition coefficient (Wildman–Crippen LogP) is 0.656. The lowest BCUT2D eigenvalue weighted by atomic mass is 9.98. The van der Waals surface area contributed by atoms with E-state index in [9.17, 15) is 14.4 Å². The van der Waals surface area contributed by atoms with Crippen molar-refractivity contribution in [2.45, 2.75) is 33.6 Å². The third kappa shape index (κ3) is 3.95. The van der Waals surface area contributed by atoms with Crippen LogP contribution in [0.4, 0.5) is 0 Å². The van der Waals surface area contributed by atoms with Crippen molar-refractivity contribution in [1.29, 1.82) is 0 Å². The first kappa shape index (κ1) is 16.5. The SMILES string of the molecule is CCOC(=O)C1CCCN(C(=O)C(=O)N(CC)CC)C1. The second kappa shape index (κ2) is 7.87. The summed E-state index contributed by atoms with van der Waals surface area (Å²) in [6.45, 7) is 7.60. The van der Waals surface area contributed by atoms with E-state index in [1.54, 1.807) is 6.92 Å². The van der Waals surface area contributed by atoms with Gasteiger partial charge in [-0.3, -0.25) is 14.4 Å². The first-order chi connectivity index (χ1) is 9.54. The number of hydrogen-bond acceptors (Lipinski definition) is 4. The van der Waals surface area contributed by atoms with Gasteiger partial charge in [-0.15, -0.1) is 0 Å². The zero-order valence-corrected chi connectivity index (χ0v) is 12.6. The van der Waals surface area contributed by atoms with Gasteiger partial charge in [-0.2, -0.15) is 0 Å². The number of hydrogen-bond donors (Lipinski definition) is 0. The molecule has 1 aliphatic rings. The Kier molecular flexibility index (Phi) is 6.48. The number of likely N-dealkylation sites (tertiary alicyclic amines) is 1. The fourth-order valence-electron chi connectivity index (χ4n) is 2.40. The van der Waals surface area contributed by atoms with E-state index in [-0.39, 0.29) is 18.4 Å². The highest BCUT2D eigenvalue weighted by molar-refractivity contribution is 6.34. The minimum Gasteiger partial charge on any atom is -0.466 e. The van der Waals surface area contributed by atoms with Gasteiger partial charge >= 0.3 is 17.8 Å². The summed E-state index contributed by atoms with van der Waals surface area (Å²) in [7, 11) is 0. The molecule has 0 aromatic heterocycles. The molecule has 1 saturated heterocycles. The van der Waals surface area contributed by atoms with Gasteiger partial charge in [0.2, 0.25) is 0 Å². The number of ether oxygens (including phenoxy) is 1. The first-order valence-corrected chi connectivity index (χ1v) is 7.29. The zero-order chi connectivity index (χ0) is 15.1. The van der Waals surface area contributed by atoms with Gasteiger partial charge < -0.3 is 14.5 Å². The Balaban J connectivity index is 2.64. The van der Waals surface area contributed by atoms with Crippen LogP contribution in [0.3, 0.4) is 0 Å². The number of piperidine rings is 1. The number of carbonyl (C=O) groups is 3. The highest BCUT2D eigenvalue weighted by atomic mass is 16.5. The third-order valence-electron chi connectivity index (χ3n) is 3.56. The average Bonchev–Trinajstić information content (AvgIpc) is 2.48. The number of nitrogens with zero attached hydrogens (tertiary/aromatic N) is 2. The second-order valence-electron chi connectivity index (χ2n) is 4.82. The number of carbonyl (C=O) groups excluding carboxylic acids is 3. The van der Waals surface area contributed by atoms with Gasteiger partial charge in [-0.05, 0) is 33.6 Å². The van der Waals surface area contributed by atoms with Gasteiger partial charge in [0.25, 0.3) is 0 Å². The highest BCUT2D eigenvalue weighted by Gasteiger charge is 2.33. The summed E-state index contributed by atoms with van der Waals surface area (Å²) in [5.74, 6) is -1.58. The number of amides is 2. The zero-order valence-electron chi connectivity index (χ0n) is 12.6. The van der Waals surface area contributed by atoms with E-state index in [1.807, 2.05) is 13.8 Å². The van der Waals surface area contributed by atoms with Crippen LogP contribution in [0, 0.1) is 5.92 Å². The van der Waals surface area contributed by atoms with Crippen LogP contribution in [-0.2, 0) is 19.1 Å². The van der Waals surface area contributed by atoms with Gasteiger partial charge in [0.1, 0.15) is 0 Å². The molecule has 2 amide bonds. The fourth-order valence-corrected chi connectivity index (χ4v) is 2.40. The van der Waals surface area contributed by atoms with Crippen molar-refractivity contribution < 1.29 is 19.1 Å². The molecular formula is C14H24N2O4. The summed E-state index contributed by atoms with van der Waals surface area (Å²) in [6.07, 6.45) is 1.43. The van der Waals surface area contributed by atoms with E-state index in [0.717, 1.165) is 6.42 Å². The quantitative estimate of drug-likeness (QED) is 0.562. The molecule has 114 valence electrons. The standard InChI is InChI=1S/C14H24N2O4/c1-4-15(5-2)12(17)13(18)16-9-7-8-11(10-16)14(19)20-6-3/h11H,4-10H2,1-3H3. The van der Waals surface area contributed by atoms with Crippen LogP contribution >= 0.6 is 0 Å². The molecule has 0 spiro atoms. The van der Waals surface area contributed by atoms with Crippen LogP contribution in [0.5, 0.6) is 0 Å². The van der Waals surface area contributed by atoms with E-state index in [4.69, 9.17) is 4.74 Å². The van der Waals surface area contributed by atoms with Crippen LogP contribution in [-0.4, -0.2) is 60.4 Å². The Hall–Kier alpha value is -1.59. The molecule has 0 aliphatic carbocycles. The maximum atomic E-state index is 12.2. The summed E-state index contributed by atoms with van der Waals surface area (Å²) in [6, 6.07) is 0. The summed E-state index contributed by atoms with van der Waals surface area (Å²) < 4.78 is 4.99. The normalized spacial score (nSPS) is 18.6. The smallest absolute Gasteiger partial charge is 0.312 e. The molecule has 1 aliphatic heterocycles. The van der Waals surface area contributed by atoms with Crippen molar-refractivity contribution in [2.24, 2.45) is 5.92 Å². The molecule has 6 heteroatoms. The highest BCUT2D eigenvalue weighted by Crippen LogP contribution is 2.18. The van der Waals surface area contributed by atoms with E-state index in [0.29, 0.717) is 32.7 Å². The lowest BCUT2D eigenvalue weighted by Gasteiger charge is -2.32. The summed E-state index contributed by atoms with van der Waals surface area (Å²) in [5, 5.41) is 0. The van der Waals surface area contributed by atoms with Gasteiger partial charge in [-0.1, -0.05) is 0 Å². The van der Waals surface area contributed by atoms with Gasteiger partial charge in [0.05, 0.1) is 12.5 Å². The molecule has 6 nitrogen and oxygen atoms in total. The van der Waals surface area contributed by atoms with Crippen LogP contribution in [0.2, 0.25) is 0 Å². The molecule has 0 radical (unpaired) electrons. The largest absolute Gasteiger partial charge is 0.466 e. The molecule has 1 unspecified atom stereocenters. The van der Waals surface area contributed by atoms with Crippen molar-refractivity contribution >= 4 is 17.8 Å². The molecule has 1 rings (SSSR count). The van der Waals surface area contributed by atoms with E-state index < -0.39 is 11.8 Å². The second-order valence-corrected chi connectivity index (χ2v) is 4.82. The van der Waals surface area contributed by atoms with Crippen LogP contribution in [0.25, 0.3) is 0 Å². The molecule has 0 N–H and O–H groups in total. The molecule has 0 aromatic carbocycles. The van der Waals surface area contributed by atoms with Gasteiger partial charge in [0, 0.05) is 26.2 Å². The van der Waals surface area contributed by atoms with E-state index in [1.165, 1.54) is 9.80 Å². The molecule has 0 aromatic rings. The Labute approximate surface area is 120 Å². The Bertz CT molecular complexity index is 366. The fraction of sp³-hybridized carbons (Fsp3) is 0.786. The molecule has 0 saturated carbocycles. The predicted molar refractivity (Wildman–Crippen MR) is 73.9 cm³/mol. The van der Waals surface area contributed by atoms with Crippen molar-refractivity contribution in [1.82, 2.24) is 9.80 Å². The Morgan fingerprint density at radius 2 is 1.85 bits per heavy atom. The van der Waals surface area contributed by atoms with Crippen molar-refractivity contribution in [3.05, 3.63) is 0 Å². The number of esters is 1. The molecule has 20 heavy (non-hydrogen) atoms. The molecule has 0 bridgehead atoms. The topological polar surface area (TPSA) is 66.9 Å². The maximum Gasteiger partial charge on any atom is 0.312 e. The summed E-state index contributed by atoms with van der Waals surface area (Å²) in [5.41, 5.74) is 0. The van der Waals surface area contributed by atoms with E-state index in [2.05, 4.69) is 0 Å². The van der Waals surface area contributed by atoms with Crippen molar-refractivity contribution in [2.75, 3.05) is 32.8 Å². The molecule has 1 fully saturated rings. The molecule has 1 heterocycles. The van der Waals surface area contributed by atoms with Crippen molar-refractivity contribution in [3.63, 3.8) is 0 Å². The summed E-state index contributed by atoms with van der Waals surface area (Å²) in [4.78, 5) is 38.9. The van der Waals surface area contributed by atoms with Crippen LogP contribution in [0.1, 0.15) is 33.6 Å². The lowest BCUT2D eigenvalue weighted by molar-refractivity contribution is -0.156. The third-order valence-corrected chi connectivity index (χ3v) is 3.56. The molecular weight excluding hydrogens is 260 g/mol. The average molecular weight is 284 g/mol. The van der Waals surface area contributed by atoms with Gasteiger partial charge in [-0.25, -0.2) is 0 Å². The number of likely N-dealkylation sites (N-methyl/N-ethyl adjacent to an activating group) is 1. The minimum absolute atomic E-state index is 0.278. The van der Waals surface area contributed by atoms with E-state index >= 15 is 0 Å². The minimum atomic E-state index is -0.511. The van der Waals surface area contributed by atoms with Crippen molar-refractivity contribution in [3.8, 4) is 0 Å². The first-order valence-electron chi connectivity index (χ1n) is 7.29. The van der Waals surface area contributed by atoms with Crippen LogP contribution in [0.15, 0.2) is 0 Å². The Morgan fingerprint density at radius 1 is 1.20 bits per heavy atom. The lowest BCUT2D eigenvalue weighted by Crippen LogP contribution is -2.49. The van der Waals surface area contributed by atoms with Gasteiger partial charge in [0.15, 0.2) is 0 Å². The monoisotopic (exact) mass is 284 g/mol. The summed E-state index contributed by atoms with van der Waals surface area (Å²) >= 11 is 0. The number of rotatable bonds is 4.